The van der Waals surface area contributed by atoms with Gasteiger partial charge in [0.2, 0.25) is 0 Å². The summed E-state index contributed by atoms with van der Waals surface area (Å²) in [4.78, 5) is 73.0. The Labute approximate surface area is 638 Å². The Morgan fingerprint density at radius 1 is 0.260 bits per heavy atom. The van der Waals surface area contributed by atoms with Gasteiger partial charge in [-0.15, -0.1) is 0 Å². The van der Waals surface area contributed by atoms with Crippen LogP contribution in [0.1, 0.15) is 441 Å². The van der Waals surface area contributed by atoms with E-state index >= 15 is 0 Å². The number of phosphoric ester groups is 2. The second-order valence-corrected chi connectivity index (χ2v) is 34.4. The van der Waals surface area contributed by atoms with Crippen LogP contribution < -0.4 is 0 Å². The normalized spacial score (nSPS) is 15.0. The standard InChI is InChI=1S/C85H166O17P2/c1-9-75(5)61-53-45-37-33-29-25-21-17-13-15-19-23-27-31-35-39-49-57-65-82(87)95-71-81(102-85(90)68-60-52-44-42-48-56-64-78(8)12-4)74-100-104(93,94)98-70-79(86)69-97-103(91,92)99-73-80(72-96-83(88)66-58-50-43-41-47-55-63-77(7)11-3)101-84(89)67-59-51-40-36-32-28-24-20-16-14-18-22-26-30-34-38-46-54-62-76(6)10-2/h75-81,86H,9-74H2,1-8H3,(H,91,92)(H,93,94)/t75?,76?,77?,78?,79-,80+,81+/m0/s1. The molecule has 9 atom stereocenters. The zero-order valence-corrected chi connectivity index (χ0v) is 70.5. The van der Waals surface area contributed by atoms with E-state index in [1.165, 1.54) is 238 Å². The molecular weight excluding hydrogens is 1350 g/mol. The van der Waals surface area contributed by atoms with Crippen LogP contribution >= 0.6 is 15.6 Å². The van der Waals surface area contributed by atoms with E-state index < -0.39 is 97.5 Å². The number of unbranched alkanes of at least 4 members (excludes halogenated alkanes) is 44. The van der Waals surface area contributed by atoms with Crippen molar-refractivity contribution in [1.82, 2.24) is 0 Å². The summed E-state index contributed by atoms with van der Waals surface area (Å²) in [6, 6.07) is 0. The zero-order chi connectivity index (χ0) is 76.7. The Balaban J connectivity index is 5.10. The lowest BCUT2D eigenvalue weighted by Crippen LogP contribution is -2.30. The maximum absolute atomic E-state index is 13.1. The minimum absolute atomic E-state index is 0.103. The predicted octanol–water partition coefficient (Wildman–Crippen LogP) is 25.6. The molecule has 0 saturated carbocycles. The van der Waals surface area contributed by atoms with Gasteiger partial charge < -0.3 is 33.8 Å². The first kappa shape index (κ1) is 102. The molecular formula is C85H166O17P2. The molecule has 19 heteroatoms. The summed E-state index contributed by atoms with van der Waals surface area (Å²) >= 11 is 0. The van der Waals surface area contributed by atoms with Crippen molar-refractivity contribution in [3.05, 3.63) is 0 Å². The van der Waals surface area contributed by atoms with E-state index in [2.05, 4.69) is 55.4 Å². The molecule has 0 heterocycles. The molecule has 0 amide bonds. The van der Waals surface area contributed by atoms with E-state index in [-0.39, 0.29) is 25.7 Å². The molecule has 618 valence electrons. The number of phosphoric acid groups is 2. The second-order valence-electron chi connectivity index (χ2n) is 31.5. The Morgan fingerprint density at radius 2 is 0.433 bits per heavy atom. The predicted molar refractivity (Wildman–Crippen MR) is 428 cm³/mol. The highest BCUT2D eigenvalue weighted by molar-refractivity contribution is 7.47. The first-order chi connectivity index (χ1) is 50.2. The van der Waals surface area contributed by atoms with Crippen molar-refractivity contribution in [1.29, 1.82) is 0 Å². The van der Waals surface area contributed by atoms with Crippen LogP contribution in [0.3, 0.4) is 0 Å². The fraction of sp³-hybridized carbons (Fsp3) is 0.953. The lowest BCUT2D eigenvalue weighted by Gasteiger charge is -2.21. The number of aliphatic hydroxyl groups is 1. The first-order valence-electron chi connectivity index (χ1n) is 43.9. The van der Waals surface area contributed by atoms with E-state index in [4.69, 9.17) is 37.0 Å². The summed E-state index contributed by atoms with van der Waals surface area (Å²) in [5.74, 6) is 1.08. The molecule has 0 rings (SSSR count). The van der Waals surface area contributed by atoms with E-state index in [9.17, 15) is 43.2 Å². The van der Waals surface area contributed by atoms with E-state index in [1.54, 1.807) is 0 Å². The van der Waals surface area contributed by atoms with Gasteiger partial charge in [-0.25, -0.2) is 9.13 Å². The molecule has 0 aromatic heterocycles. The molecule has 6 unspecified atom stereocenters. The molecule has 0 saturated heterocycles. The average Bonchev–Trinajstić information content (AvgIpc) is 0.907. The zero-order valence-electron chi connectivity index (χ0n) is 68.7. The van der Waals surface area contributed by atoms with Gasteiger partial charge >= 0.3 is 39.5 Å². The quantitative estimate of drug-likeness (QED) is 0.0222. The first-order valence-corrected chi connectivity index (χ1v) is 46.8. The van der Waals surface area contributed by atoms with Gasteiger partial charge in [0.15, 0.2) is 12.2 Å². The summed E-state index contributed by atoms with van der Waals surface area (Å²) in [6.45, 7) is 14.3. The van der Waals surface area contributed by atoms with Crippen molar-refractivity contribution in [3.63, 3.8) is 0 Å². The molecule has 0 aliphatic rings. The lowest BCUT2D eigenvalue weighted by molar-refractivity contribution is -0.161. The smallest absolute Gasteiger partial charge is 0.462 e. The third kappa shape index (κ3) is 72.9. The molecule has 0 radical (unpaired) electrons. The molecule has 0 aromatic rings. The summed E-state index contributed by atoms with van der Waals surface area (Å²) in [5, 5.41) is 10.6. The molecule has 0 aliphatic heterocycles. The molecule has 0 aromatic carbocycles. The number of rotatable bonds is 82. The number of ether oxygens (including phenoxy) is 4. The van der Waals surface area contributed by atoms with Crippen LogP contribution in [0.2, 0.25) is 0 Å². The highest BCUT2D eigenvalue weighted by Crippen LogP contribution is 2.45. The molecule has 104 heavy (non-hydrogen) atoms. The Hall–Kier alpha value is -1.94. The third-order valence-corrected chi connectivity index (χ3v) is 23.2. The van der Waals surface area contributed by atoms with Crippen molar-refractivity contribution < 1.29 is 80.2 Å². The van der Waals surface area contributed by atoms with Crippen molar-refractivity contribution in [3.8, 4) is 0 Å². The number of hydrogen-bond donors (Lipinski definition) is 3. The van der Waals surface area contributed by atoms with E-state index in [0.29, 0.717) is 25.7 Å². The fourth-order valence-corrected chi connectivity index (χ4v) is 14.6. The Morgan fingerprint density at radius 3 is 0.635 bits per heavy atom. The highest BCUT2D eigenvalue weighted by Gasteiger charge is 2.31. The number of esters is 4. The van der Waals surface area contributed by atoms with Crippen LogP contribution in [-0.4, -0.2) is 96.7 Å². The van der Waals surface area contributed by atoms with Gasteiger partial charge in [-0.2, -0.15) is 0 Å². The summed E-state index contributed by atoms with van der Waals surface area (Å²) < 4.78 is 68.7. The molecule has 3 N–H and O–H groups in total. The maximum atomic E-state index is 13.1. The monoisotopic (exact) mass is 1520 g/mol. The minimum Gasteiger partial charge on any atom is -0.462 e. The van der Waals surface area contributed by atoms with Crippen molar-refractivity contribution in [2.75, 3.05) is 39.6 Å². The van der Waals surface area contributed by atoms with Crippen molar-refractivity contribution >= 4 is 39.5 Å². The number of carbonyl (C=O) groups excluding carboxylic acids is 4. The van der Waals surface area contributed by atoms with Crippen LogP contribution in [-0.2, 0) is 65.4 Å². The highest BCUT2D eigenvalue weighted by atomic mass is 31.2. The van der Waals surface area contributed by atoms with Gasteiger partial charge in [-0.05, 0) is 49.4 Å². The molecule has 0 aliphatic carbocycles. The van der Waals surface area contributed by atoms with E-state index in [0.717, 1.165) is 120 Å². The Kier molecular flexibility index (Phi) is 72.5. The largest absolute Gasteiger partial charge is 0.472 e. The number of hydrogen-bond acceptors (Lipinski definition) is 15. The van der Waals surface area contributed by atoms with Crippen LogP contribution in [0.5, 0.6) is 0 Å². The third-order valence-electron chi connectivity index (χ3n) is 21.3. The summed E-state index contributed by atoms with van der Waals surface area (Å²) in [6.07, 6.45) is 62.7. The molecule has 0 bridgehead atoms. The van der Waals surface area contributed by atoms with Gasteiger partial charge in [0, 0.05) is 25.7 Å². The molecule has 17 nitrogen and oxygen atoms in total. The second kappa shape index (κ2) is 73.8. The Bertz CT molecular complexity index is 2030. The van der Waals surface area contributed by atoms with Crippen LogP contribution in [0, 0.1) is 23.7 Å². The van der Waals surface area contributed by atoms with E-state index in [1.807, 2.05) is 0 Å². The van der Waals surface area contributed by atoms with Crippen molar-refractivity contribution in [2.24, 2.45) is 23.7 Å². The molecule has 0 fully saturated rings. The maximum Gasteiger partial charge on any atom is 0.472 e. The van der Waals surface area contributed by atoms with Crippen LogP contribution in [0.4, 0.5) is 0 Å². The number of carbonyl (C=O) groups is 4. The van der Waals surface area contributed by atoms with Gasteiger partial charge in [0.05, 0.1) is 26.4 Å². The van der Waals surface area contributed by atoms with Crippen LogP contribution in [0.25, 0.3) is 0 Å². The average molecular weight is 1520 g/mol. The van der Waals surface area contributed by atoms with Gasteiger partial charge in [0.1, 0.15) is 19.3 Å². The summed E-state index contributed by atoms with van der Waals surface area (Å²) in [5.41, 5.74) is 0. The minimum atomic E-state index is -4.96. The number of aliphatic hydroxyl groups excluding tert-OH is 1. The summed E-state index contributed by atoms with van der Waals surface area (Å²) in [7, 11) is -9.92. The SMILES string of the molecule is CCC(C)CCCCCCCCCCCCCCCCCCCCC(=O)OC[C@H](COP(=O)(O)OC[C@@H](O)COP(=O)(O)OC[C@@H](COC(=O)CCCCCCCCC(C)CC)OC(=O)CCCCCCCCCCCCCCCCCCCCC(C)CC)OC(=O)CCCCCCCCC(C)CC. The lowest BCUT2D eigenvalue weighted by atomic mass is 9.99. The fourth-order valence-electron chi connectivity index (χ4n) is 13.0. The van der Waals surface area contributed by atoms with Crippen molar-refractivity contribution in [2.45, 2.75) is 459 Å². The van der Waals surface area contributed by atoms with Gasteiger partial charge in [0.25, 0.3) is 0 Å². The topological polar surface area (TPSA) is 237 Å². The van der Waals surface area contributed by atoms with Gasteiger partial charge in [-0.3, -0.25) is 37.3 Å². The van der Waals surface area contributed by atoms with Crippen LogP contribution in [0.15, 0.2) is 0 Å². The molecule has 0 spiro atoms. The van der Waals surface area contributed by atoms with Gasteiger partial charge in [-0.1, -0.05) is 389 Å².